The van der Waals surface area contributed by atoms with Gasteiger partial charge in [-0.1, -0.05) is 18.2 Å². The van der Waals surface area contributed by atoms with Gasteiger partial charge < -0.3 is 15.4 Å². The molecule has 0 aliphatic carbocycles. The second-order valence-corrected chi connectivity index (χ2v) is 4.17. The topological polar surface area (TPSA) is 63.2 Å². The number of anilines is 1. The molecule has 0 bridgehead atoms. The summed E-state index contributed by atoms with van der Waals surface area (Å²) in [5.74, 6) is -0.483. The largest absolute Gasteiger partial charge is 0.573 e. The van der Waals surface area contributed by atoms with Crippen LogP contribution in [0.1, 0.15) is 5.69 Å². The Bertz CT molecular complexity index is 633. The molecule has 0 saturated carbocycles. The molecule has 1 aromatic carbocycles. The zero-order valence-corrected chi connectivity index (χ0v) is 11.2. The van der Waals surface area contributed by atoms with Gasteiger partial charge in [-0.3, -0.25) is 4.98 Å². The van der Waals surface area contributed by atoms with Gasteiger partial charge in [-0.05, 0) is 24.3 Å². The summed E-state index contributed by atoms with van der Waals surface area (Å²) in [6.07, 6.45) is -3.26. The van der Waals surface area contributed by atoms with Gasteiger partial charge in [-0.25, -0.2) is 4.79 Å². The summed E-state index contributed by atoms with van der Waals surface area (Å²) in [5, 5.41) is 4.79. The monoisotopic (exact) mass is 311 g/mol. The number of hydrogen-bond acceptors (Lipinski definition) is 3. The summed E-state index contributed by atoms with van der Waals surface area (Å²) in [6.45, 7) is 0.148. The molecule has 2 rings (SSSR count). The van der Waals surface area contributed by atoms with E-state index in [9.17, 15) is 18.0 Å². The summed E-state index contributed by atoms with van der Waals surface area (Å²) >= 11 is 0. The van der Waals surface area contributed by atoms with Gasteiger partial charge in [0.25, 0.3) is 0 Å². The third-order valence-electron chi connectivity index (χ3n) is 2.52. The average molecular weight is 311 g/mol. The van der Waals surface area contributed by atoms with Gasteiger partial charge in [-0.15, -0.1) is 13.2 Å². The molecule has 116 valence electrons. The van der Waals surface area contributed by atoms with E-state index in [2.05, 4.69) is 20.4 Å². The van der Waals surface area contributed by atoms with Gasteiger partial charge >= 0.3 is 12.4 Å². The molecule has 0 aliphatic heterocycles. The van der Waals surface area contributed by atoms with Gasteiger partial charge in [0.05, 0.1) is 17.9 Å². The summed E-state index contributed by atoms with van der Waals surface area (Å²) in [7, 11) is 0. The van der Waals surface area contributed by atoms with Crippen LogP contribution in [0.15, 0.2) is 48.7 Å². The molecule has 1 aromatic heterocycles. The molecule has 8 heteroatoms. The first-order valence-electron chi connectivity index (χ1n) is 6.23. The number of ether oxygens (including phenoxy) is 1. The Morgan fingerprint density at radius 2 is 1.86 bits per heavy atom. The van der Waals surface area contributed by atoms with Crippen LogP contribution in [0.3, 0.4) is 0 Å². The van der Waals surface area contributed by atoms with Gasteiger partial charge in [0, 0.05) is 6.20 Å². The maximum absolute atomic E-state index is 12.3. The number of urea groups is 1. The second kappa shape index (κ2) is 6.79. The standard InChI is InChI=1S/C14H12F3N3O2/c15-14(16,17)22-12-7-2-1-6-11(12)20-13(21)19-9-10-5-3-4-8-18-10/h1-8H,9H2,(H2,19,20,21). The van der Waals surface area contributed by atoms with Crippen LogP contribution in [-0.4, -0.2) is 17.4 Å². The fourth-order valence-corrected chi connectivity index (χ4v) is 1.62. The number of halogens is 3. The van der Waals surface area contributed by atoms with Crippen molar-refractivity contribution in [1.82, 2.24) is 10.3 Å². The normalized spacial score (nSPS) is 10.9. The highest BCUT2D eigenvalue weighted by Crippen LogP contribution is 2.29. The number of para-hydroxylation sites is 2. The van der Waals surface area contributed by atoms with E-state index in [0.29, 0.717) is 5.69 Å². The summed E-state index contributed by atoms with van der Waals surface area (Å²) in [4.78, 5) is 15.7. The molecule has 0 aliphatic rings. The van der Waals surface area contributed by atoms with Crippen molar-refractivity contribution in [3.63, 3.8) is 0 Å². The van der Waals surface area contributed by atoms with Gasteiger partial charge in [0.15, 0.2) is 5.75 Å². The van der Waals surface area contributed by atoms with E-state index in [1.807, 2.05) is 0 Å². The highest BCUT2D eigenvalue weighted by atomic mass is 19.4. The van der Waals surface area contributed by atoms with Crippen LogP contribution in [0.4, 0.5) is 23.7 Å². The number of benzene rings is 1. The molecule has 0 unspecified atom stereocenters. The SMILES string of the molecule is O=C(NCc1ccccn1)Nc1ccccc1OC(F)(F)F. The maximum Gasteiger partial charge on any atom is 0.573 e. The number of rotatable bonds is 4. The molecule has 0 fully saturated rings. The van der Waals surface area contributed by atoms with Crippen molar-refractivity contribution in [2.45, 2.75) is 12.9 Å². The number of carbonyl (C=O) groups is 1. The molecule has 0 saturated heterocycles. The van der Waals surface area contributed by atoms with Crippen molar-refractivity contribution in [1.29, 1.82) is 0 Å². The summed E-state index contributed by atoms with van der Waals surface area (Å²) < 4.78 is 40.6. The average Bonchev–Trinajstić information content (AvgIpc) is 2.47. The number of amides is 2. The molecule has 0 atom stereocenters. The van der Waals surface area contributed by atoms with E-state index >= 15 is 0 Å². The van der Waals surface area contributed by atoms with Crippen LogP contribution < -0.4 is 15.4 Å². The van der Waals surface area contributed by atoms with Crippen LogP contribution in [0, 0.1) is 0 Å². The van der Waals surface area contributed by atoms with Gasteiger partial charge in [0.2, 0.25) is 0 Å². The first kappa shape index (κ1) is 15.6. The lowest BCUT2D eigenvalue weighted by atomic mass is 10.3. The molecule has 2 amide bonds. The summed E-state index contributed by atoms with van der Waals surface area (Å²) in [6, 6.07) is 9.81. The highest BCUT2D eigenvalue weighted by Gasteiger charge is 2.32. The lowest BCUT2D eigenvalue weighted by Crippen LogP contribution is -2.29. The number of hydrogen-bond donors (Lipinski definition) is 2. The minimum Gasteiger partial charge on any atom is -0.404 e. The Balaban J connectivity index is 1.97. The molecular weight excluding hydrogens is 299 g/mol. The minimum absolute atomic E-state index is 0.0849. The minimum atomic E-state index is -4.83. The Kier molecular flexibility index (Phi) is 4.82. The summed E-state index contributed by atoms with van der Waals surface area (Å²) in [5.41, 5.74) is 0.538. The van der Waals surface area contributed by atoms with Crippen molar-refractivity contribution < 1.29 is 22.7 Å². The molecular formula is C14H12F3N3O2. The number of nitrogens with zero attached hydrogens (tertiary/aromatic N) is 1. The Labute approximate surface area is 124 Å². The van der Waals surface area contributed by atoms with Crippen LogP contribution >= 0.6 is 0 Å². The smallest absolute Gasteiger partial charge is 0.404 e. The number of aromatic nitrogens is 1. The number of alkyl halides is 3. The third-order valence-corrected chi connectivity index (χ3v) is 2.52. The molecule has 0 radical (unpaired) electrons. The predicted octanol–water partition coefficient (Wildman–Crippen LogP) is 3.30. The highest BCUT2D eigenvalue weighted by molar-refractivity contribution is 5.90. The van der Waals surface area contributed by atoms with E-state index in [1.165, 1.54) is 18.2 Å². The van der Waals surface area contributed by atoms with E-state index in [4.69, 9.17) is 0 Å². The van der Waals surface area contributed by atoms with Crippen molar-refractivity contribution in [2.24, 2.45) is 0 Å². The quantitative estimate of drug-likeness (QED) is 0.910. The zero-order chi connectivity index (χ0) is 16.0. The van der Waals surface area contributed by atoms with Crippen molar-refractivity contribution in [3.8, 4) is 5.75 Å². The Morgan fingerprint density at radius 1 is 1.14 bits per heavy atom. The van der Waals surface area contributed by atoms with Crippen LogP contribution in [0.2, 0.25) is 0 Å². The van der Waals surface area contributed by atoms with Crippen LogP contribution in [0.5, 0.6) is 5.75 Å². The van der Waals surface area contributed by atoms with Crippen LogP contribution in [-0.2, 0) is 6.54 Å². The van der Waals surface area contributed by atoms with E-state index in [1.54, 1.807) is 24.4 Å². The Morgan fingerprint density at radius 3 is 2.55 bits per heavy atom. The van der Waals surface area contributed by atoms with Crippen molar-refractivity contribution >= 4 is 11.7 Å². The fraction of sp³-hybridized carbons (Fsp3) is 0.143. The molecule has 5 nitrogen and oxygen atoms in total. The third kappa shape index (κ3) is 4.97. The lowest BCUT2D eigenvalue weighted by molar-refractivity contribution is -0.274. The molecule has 22 heavy (non-hydrogen) atoms. The number of nitrogens with one attached hydrogen (secondary N) is 2. The lowest BCUT2D eigenvalue weighted by Gasteiger charge is -2.14. The number of carbonyl (C=O) groups excluding carboxylic acids is 1. The van der Waals surface area contributed by atoms with E-state index < -0.39 is 18.1 Å². The van der Waals surface area contributed by atoms with E-state index in [0.717, 1.165) is 6.07 Å². The molecule has 2 aromatic rings. The van der Waals surface area contributed by atoms with Crippen LogP contribution in [0.25, 0.3) is 0 Å². The van der Waals surface area contributed by atoms with E-state index in [-0.39, 0.29) is 12.2 Å². The molecule has 2 N–H and O–H groups in total. The predicted molar refractivity (Wildman–Crippen MR) is 73.2 cm³/mol. The second-order valence-electron chi connectivity index (χ2n) is 4.17. The van der Waals surface area contributed by atoms with Gasteiger partial charge in [0.1, 0.15) is 0 Å². The first-order valence-corrected chi connectivity index (χ1v) is 6.23. The fourth-order valence-electron chi connectivity index (χ4n) is 1.62. The maximum atomic E-state index is 12.3. The Hall–Kier alpha value is -2.77. The zero-order valence-electron chi connectivity index (χ0n) is 11.2. The van der Waals surface area contributed by atoms with Crippen molar-refractivity contribution in [3.05, 3.63) is 54.4 Å². The molecule has 1 heterocycles. The van der Waals surface area contributed by atoms with Gasteiger partial charge in [-0.2, -0.15) is 0 Å². The first-order chi connectivity index (χ1) is 10.4. The number of pyridine rings is 1. The van der Waals surface area contributed by atoms with Crippen molar-refractivity contribution in [2.75, 3.05) is 5.32 Å². The molecule has 0 spiro atoms.